The maximum absolute atomic E-state index is 12.5. The SMILES string of the molecule is C.C=C(C)c1ccc(N)cc1C(F)(F)F. The summed E-state index contributed by atoms with van der Waals surface area (Å²) < 4.78 is 37.5. The summed E-state index contributed by atoms with van der Waals surface area (Å²) in [5.41, 5.74) is 5.12. The lowest BCUT2D eigenvalue weighted by Gasteiger charge is -2.13. The number of nitrogen functional groups attached to an aromatic ring is 1. The Morgan fingerprint density at radius 1 is 1.33 bits per heavy atom. The molecule has 0 saturated carbocycles. The standard InChI is InChI=1S/C10H10F3N.CH4/c1-6(2)8-4-3-7(14)5-9(8)10(11,12)13;/h3-5H,1,14H2,2H3;1H4. The average Bonchev–Trinajstić information content (AvgIpc) is 2.01. The summed E-state index contributed by atoms with van der Waals surface area (Å²) in [6.07, 6.45) is -4.39. The fourth-order valence-corrected chi connectivity index (χ4v) is 1.17. The Balaban J connectivity index is 0.00000196. The highest BCUT2D eigenvalue weighted by atomic mass is 19.4. The van der Waals surface area contributed by atoms with E-state index in [4.69, 9.17) is 5.73 Å². The van der Waals surface area contributed by atoms with Crippen molar-refractivity contribution in [2.45, 2.75) is 20.5 Å². The van der Waals surface area contributed by atoms with Gasteiger partial charge >= 0.3 is 6.18 Å². The van der Waals surface area contributed by atoms with Crippen LogP contribution in [0.4, 0.5) is 18.9 Å². The molecule has 0 aliphatic carbocycles. The van der Waals surface area contributed by atoms with Crippen LogP contribution in [0.2, 0.25) is 0 Å². The predicted molar refractivity (Wildman–Crippen MR) is 57.3 cm³/mol. The molecule has 0 spiro atoms. The van der Waals surface area contributed by atoms with Crippen molar-refractivity contribution >= 4 is 11.3 Å². The van der Waals surface area contributed by atoms with E-state index in [0.717, 1.165) is 6.07 Å². The molecule has 4 heteroatoms. The molecule has 1 nitrogen and oxygen atoms in total. The zero-order chi connectivity index (χ0) is 10.9. The van der Waals surface area contributed by atoms with E-state index in [0.29, 0.717) is 5.57 Å². The van der Waals surface area contributed by atoms with Crippen LogP contribution < -0.4 is 5.73 Å². The van der Waals surface area contributed by atoms with Crippen molar-refractivity contribution < 1.29 is 13.2 Å². The molecular formula is C11H14F3N. The fourth-order valence-electron chi connectivity index (χ4n) is 1.17. The van der Waals surface area contributed by atoms with Gasteiger partial charge in [0.1, 0.15) is 0 Å². The van der Waals surface area contributed by atoms with Gasteiger partial charge in [0, 0.05) is 5.69 Å². The van der Waals surface area contributed by atoms with E-state index < -0.39 is 11.7 Å². The molecule has 0 aliphatic heterocycles. The number of hydrogen-bond acceptors (Lipinski definition) is 1. The number of benzene rings is 1. The van der Waals surface area contributed by atoms with Gasteiger partial charge in [-0.15, -0.1) is 0 Å². The van der Waals surface area contributed by atoms with Crippen LogP contribution in [0.3, 0.4) is 0 Å². The normalized spacial score (nSPS) is 10.7. The van der Waals surface area contributed by atoms with Crippen LogP contribution in [0, 0.1) is 0 Å². The third-order valence-corrected chi connectivity index (χ3v) is 1.81. The first-order chi connectivity index (χ1) is 6.32. The summed E-state index contributed by atoms with van der Waals surface area (Å²) in [6.45, 7) is 5.02. The van der Waals surface area contributed by atoms with Crippen LogP contribution in [0.5, 0.6) is 0 Å². The number of rotatable bonds is 1. The van der Waals surface area contributed by atoms with Gasteiger partial charge in [-0.25, -0.2) is 0 Å². The summed E-state index contributed by atoms with van der Waals surface area (Å²) in [6, 6.07) is 3.68. The number of alkyl halides is 3. The predicted octanol–water partition coefficient (Wildman–Crippen LogP) is 3.96. The lowest BCUT2D eigenvalue weighted by atomic mass is 10.0. The first-order valence-corrected chi connectivity index (χ1v) is 3.95. The molecule has 1 rings (SSSR count). The average molecular weight is 217 g/mol. The van der Waals surface area contributed by atoms with Crippen LogP contribution >= 0.6 is 0 Å². The molecule has 0 fully saturated rings. The Hall–Kier alpha value is -1.45. The van der Waals surface area contributed by atoms with Gasteiger partial charge in [-0.3, -0.25) is 0 Å². The van der Waals surface area contributed by atoms with E-state index in [1.54, 1.807) is 0 Å². The molecule has 0 radical (unpaired) electrons. The largest absolute Gasteiger partial charge is 0.417 e. The lowest BCUT2D eigenvalue weighted by Crippen LogP contribution is -2.09. The van der Waals surface area contributed by atoms with Gasteiger partial charge < -0.3 is 5.73 Å². The highest BCUT2D eigenvalue weighted by molar-refractivity contribution is 5.67. The molecule has 2 N–H and O–H groups in total. The zero-order valence-corrected chi connectivity index (χ0v) is 7.65. The summed E-state index contributed by atoms with van der Waals surface area (Å²) in [4.78, 5) is 0. The topological polar surface area (TPSA) is 26.0 Å². The Morgan fingerprint density at radius 3 is 2.27 bits per heavy atom. The Kier molecular flexibility index (Phi) is 3.96. The maximum Gasteiger partial charge on any atom is 0.417 e. The number of halogens is 3. The van der Waals surface area contributed by atoms with Crippen molar-refractivity contribution in [2.24, 2.45) is 0 Å². The summed E-state index contributed by atoms with van der Waals surface area (Å²) in [5, 5.41) is 0. The van der Waals surface area contributed by atoms with Crippen molar-refractivity contribution in [3.05, 3.63) is 35.9 Å². The molecule has 0 atom stereocenters. The molecule has 15 heavy (non-hydrogen) atoms. The third kappa shape index (κ3) is 3.01. The first kappa shape index (κ1) is 13.5. The molecular weight excluding hydrogens is 203 g/mol. The second kappa shape index (κ2) is 4.38. The highest BCUT2D eigenvalue weighted by Gasteiger charge is 2.33. The van der Waals surface area contributed by atoms with E-state index >= 15 is 0 Å². The smallest absolute Gasteiger partial charge is 0.399 e. The van der Waals surface area contributed by atoms with Gasteiger partial charge in [0.15, 0.2) is 0 Å². The molecule has 0 bridgehead atoms. The van der Waals surface area contributed by atoms with Crippen LogP contribution in [0.15, 0.2) is 24.8 Å². The molecule has 0 saturated heterocycles. The molecule has 0 aromatic heterocycles. The molecule has 1 aromatic carbocycles. The summed E-state index contributed by atoms with van der Waals surface area (Å²) in [5.74, 6) is 0. The quantitative estimate of drug-likeness (QED) is 0.708. The van der Waals surface area contributed by atoms with E-state index in [-0.39, 0.29) is 18.7 Å². The van der Waals surface area contributed by atoms with Crippen LogP contribution in [0.1, 0.15) is 25.5 Å². The van der Waals surface area contributed by atoms with E-state index in [2.05, 4.69) is 6.58 Å². The van der Waals surface area contributed by atoms with Crippen molar-refractivity contribution in [3.63, 3.8) is 0 Å². The van der Waals surface area contributed by atoms with Gasteiger partial charge in [0.25, 0.3) is 0 Å². The van der Waals surface area contributed by atoms with Crippen LogP contribution in [-0.2, 0) is 6.18 Å². The van der Waals surface area contributed by atoms with Gasteiger partial charge in [0.05, 0.1) is 5.56 Å². The minimum atomic E-state index is -4.39. The number of allylic oxidation sites excluding steroid dienone is 1. The van der Waals surface area contributed by atoms with Gasteiger partial charge in [-0.1, -0.05) is 25.6 Å². The van der Waals surface area contributed by atoms with Crippen molar-refractivity contribution in [1.82, 2.24) is 0 Å². The van der Waals surface area contributed by atoms with Crippen molar-refractivity contribution in [1.29, 1.82) is 0 Å². The van der Waals surface area contributed by atoms with Gasteiger partial charge in [-0.05, 0) is 24.6 Å². The molecule has 0 aliphatic rings. The van der Waals surface area contributed by atoms with Crippen LogP contribution in [-0.4, -0.2) is 0 Å². The van der Waals surface area contributed by atoms with E-state index in [9.17, 15) is 13.2 Å². The van der Waals surface area contributed by atoms with Gasteiger partial charge in [0.2, 0.25) is 0 Å². The van der Waals surface area contributed by atoms with E-state index in [1.165, 1.54) is 19.1 Å². The zero-order valence-electron chi connectivity index (χ0n) is 7.65. The molecule has 0 unspecified atom stereocenters. The number of nitrogens with two attached hydrogens (primary N) is 1. The second-order valence-corrected chi connectivity index (χ2v) is 3.08. The van der Waals surface area contributed by atoms with Crippen molar-refractivity contribution in [2.75, 3.05) is 5.73 Å². The Morgan fingerprint density at radius 2 is 1.87 bits per heavy atom. The monoisotopic (exact) mass is 217 g/mol. The molecule has 84 valence electrons. The molecule has 0 heterocycles. The van der Waals surface area contributed by atoms with Crippen molar-refractivity contribution in [3.8, 4) is 0 Å². The molecule has 1 aromatic rings. The Bertz CT molecular complexity index is 367. The lowest BCUT2D eigenvalue weighted by molar-refractivity contribution is -0.137. The summed E-state index contributed by atoms with van der Waals surface area (Å²) >= 11 is 0. The molecule has 0 amide bonds. The Labute approximate surface area is 87.4 Å². The third-order valence-electron chi connectivity index (χ3n) is 1.81. The van der Waals surface area contributed by atoms with Gasteiger partial charge in [-0.2, -0.15) is 13.2 Å². The fraction of sp³-hybridized carbons (Fsp3) is 0.273. The highest BCUT2D eigenvalue weighted by Crippen LogP contribution is 2.35. The number of anilines is 1. The number of hydrogen-bond donors (Lipinski definition) is 1. The maximum atomic E-state index is 12.5. The minimum Gasteiger partial charge on any atom is -0.399 e. The minimum absolute atomic E-state index is 0. The second-order valence-electron chi connectivity index (χ2n) is 3.08. The van der Waals surface area contributed by atoms with E-state index in [1.807, 2.05) is 0 Å². The summed E-state index contributed by atoms with van der Waals surface area (Å²) in [7, 11) is 0. The van der Waals surface area contributed by atoms with Crippen LogP contribution in [0.25, 0.3) is 5.57 Å². The first-order valence-electron chi connectivity index (χ1n) is 3.95.